The SMILES string of the molecule is CCCCCCCc1ccc(OP(O)(=S)Oc2ccc(CCCCCCC)cc2)cc1.[Ba+2].[H-].[H-]. The number of hydrogen-bond acceptors (Lipinski definition) is 3. The van der Waals surface area contributed by atoms with Crippen molar-refractivity contribution in [3.63, 3.8) is 0 Å². The monoisotopic (exact) mass is 602 g/mol. The van der Waals surface area contributed by atoms with Crippen molar-refractivity contribution in [2.24, 2.45) is 0 Å². The van der Waals surface area contributed by atoms with E-state index in [9.17, 15) is 4.89 Å². The fraction of sp³-hybridized carbons (Fsp3) is 0.538. The van der Waals surface area contributed by atoms with E-state index in [1.807, 2.05) is 48.5 Å². The van der Waals surface area contributed by atoms with Crippen molar-refractivity contribution >= 4 is 67.4 Å². The Morgan fingerprint density at radius 1 is 0.656 bits per heavy atom. The van der Waals surface area contributed by atoms with Crippen LogP contribution in [0, 0.1) is 0 Å². The van der Waals surface area contributed by atoms with Crippen molar-refractivity contribution in [3.8, 4) is 11.5 Å². The third-order valence-electron chi connectivity index (χ3n) is 5.43. The second kappa shape index (κ2) is 17.6. The Labute approximate surface area is 244 Å². The summed E-state index contributed by atoms with van der Waals surface area (Å²) >= 11 is 5.22. The van der Waals surface area contributed by atoms with E-state index < -0.39 is 6.72 Å². The molecule has 0 spiro atoms. The predicted molar refractivity (Wildman–Crippen MR) is 144 cm³/mol. The van der Waals surface area contributed by atoms with Gasteiger partial charge in [-0.25, -0.2) is 0 Å². The third kappa shape index (κ3) is 13.2. The topological polar surface area (TPSA) is 38.7 Å². The number of rotatable bonds is 16. The van der Waals surface area contributed by atoms with Crippen LogP contribution in [0.1, 0.15) is 92.0 Å². The van der Waals surface area contributed by atoms with Crippen molar-refractivity contribution < 1.29 is 16.8 Å². The summed E-state index contributed by atoms with van der Waals surface area (Å²) in [5, 5.41) is 0. The van der Waals surface area contributed by atoms with Crippen LogP contribution in [-0.2, 0) is 24.6 Å². The molecule has 2 rings (SSSR count). The second-order valence-corrected chi connectivity index (χ2v) is 11.0. The summed E-state index contributed by atoms with van der Waals surface area (Å²) in [5.41, 5.74) is 2.56. The summed E-state index contributed by atoms with van der Waals surface area (Å²) in [5.74, 6) is 1.09. The zero-order valence-corrected chi connectivity index (χ0v) is 26.1. The van der Waals surface area contributed by atoms with E-state index >= 15 is 0 Å². The van der Waals surface area contributed by atoms with Gasteiger partial charge in [-0.2, -0.15) is 0 Å². The maximum atomic E-state index is 10.5. The molecule has 3 nitrogen and oxygen atoms in total. The van der Waals surface area contributed by atoms with Gasteiger partial charge in [-0.05, 0) is 61.1 Å². The van der Waals surface area contributed by atoms with Crippen LogP contribution in [0.15, 0.2) is 48.5 Å². The van der Waals surface area contributed by atoms with Crippen LogP contribution in [0.2, 0.25) is 0 Å². The normalized spacial score (nSPS) is 11.1. The molecule has 0 aliphatic rings. The van der Waals surface area contributed by atoms with Crippen molar-refractivity contribution in [1.82, 2.24) is 0 Å². The molecule has 0 heterocycles. The molecule has 0 amide bonds. The molecule has 0 fully saturated rings. The smallest absolute Gasteiger partial charge is 1.00 e. The number of hydrogen-bond donors (Lipinski definition) is 1. The van der Waals surface area contributed by atoms with Crippen molar-refractivity contribution in [2.75, 3.05) is 0 Å². The van der Waals surface area contributed by atoms with Crippen LogP contribution >= 0.6 is 6.72 Å². The number of benzene rings is 2. The maximum absolute atomic E-state index is 10.5. The summed E-state index contributed by atoms with van der Waals surface area (Å²) in [7, 11) is 0. The average molecular weight is 602 g/mol. The van der Waals surface area contributed by atoms with Crippen LogP contribution < -0.4 is 9.05 Å². The fourth-order valence-corrected chi connectivity index (χ4v) is 4.91. The average Bonchev–Trinajstić information content (AvgIpc) is 2.75. The molecule has 0 saturated carbocycles. The Bertz CT molecular complexity index is 728. The number of unbranched alkanes of at least 4 members (excludes halogenated alkanes) is 8. The largest absolute Gasteiger partial charge is 2.00 e. The van der Waals surface area contributed by atoms with Gasteiger partial charge in [0.15, 0.2) is 0 Å². The van der Waals surface area contributed by atoms with Crippen molar-refractivity contribution in [3.05, 3.63) is 59.7 Å². The quantitative estimate of drug-likeness (QED) is 0.120. The molecule has 0 radical (unpaired) electrons. The minimum atomic E-state index is -3.40. The first-order chi connectivity index (χ1) is 15.0. The summed E-state index contributed by atoms with van der Waals surface area (Å²) in [6, 6.07) is 15.6. The van der Waals surface area contributed by atoms with Gasteiger partial charge >= 0.3 is 55.6 Å². The van der Waals surface area contributed by atoms with E-state index in [0.717, 1.165) is 12.8 Å². The standard InChI is InChI=1S/C26H39O3PS.Ba.2H/c1-3-5-7-9-11-13-23-15-19-25(20-16-23)28-30(27,31)29-26-21-17-24(18-22-26)14-12-10-8-6-4-2;;;/h15-22H,3-14H2,1-2H3,(H,27,31);;;/q;+2;2*-1. The molecule has 32 heavy (non-hydrogen) atoms. The summed E-state index contributed by atoms with van der Waals surface area (Å²) in [6.07, 6.45) is 14.9. The van der Waals surface area contributed by atoms with Gasteiger partial charge < -0.3 is 16.8 Å². The molecule has 0 bridgehead atoms. The Balaban J connectivity index is 0. The van der Waals surface area contributed by atoms with Gasteiger partial charge in [0.05, 0.1) is 0 Å². The Kier molecular flexibility index (Phi) is 16.7. The van der Waals surface area contributed by atoms with Gasteiger partial charge in [0.25, 0.3) is 0 Å². The van der Waals surface area contributed by atoms with Gasteiger partial charge in [-0.3, -0.25) is 0 Å². The number of aryl methyl sites for hydroxylation is 2. The van der Waals surface area contributed by atoms with Gasteiger partial charge in [0, 0.05) is 11.8 Å². The van der Waals surface area contributed by atoms with Crippen LogP contribution in [0.5, 0.6) is 11.5 Å². The molecule has 176 valence electrons. The van der Waals surface area contributed by atoms with Gasteiger partial charge in [0.2, 0.25) is 0 Å². The first kappa shape index (κ1) is 30.3. The Morgan fingerprint density at radius 3 is 1.34 bits per heavy atom. The van der Waals surface area contributed by atoms with Crippen molar-refractivity contribution in [2.45, 2.75) is 90.9 Å². The van der Waals surface area contributed by atoms with E-state index in [0.29, 0.717) is 11.5 Å². The predicted octanol–water partition coefficient (Wildman–Crippen LogP) is 8.23. The Morgan fingerprint density at radius 2 is 1.00 bits per heavy atom. The molecular formula is C26H41BaO3PS. The zero-order valence-electron chi connectivity index (χ0n) is 21.9. The molecule has 1 N–H and O–H groups in total. The van der Waals surface area contributed by atoms with Gasteiger partial charge in [0.1, 0.15) is 11.5 Å². The molecule has 0 saturated heterocycles. The molecule has 0 aliphatic carbocycles. The van der Waals surface area contributed by atoms with E-state index in [4.69, 9.17) is 20.9 Å². The third-order valence-corrected chi connectivity index (χ3v) is 6.76. The molecule has 0 atom stereocenters. The van der Waals surface area contributed by atoms with E-state index in [-0.39, 0.29) is 51.7 Å². The fourth-order valence-electron chi connectivity index (χ4n) is 3.58. The maximum Gasteiger partial charge on any atom is 2.00 e. The summed E-state index contributed by atoms with van der Waals surface area (Å²) < 4.78 is 11.2. The minimum Gasteiger partial charge on any atom is -1.00 e. The van der Waals surface area contributed by atoms with Crippen LogP contribution in [0.25, 0.3) is 0 Å². The molecule has 0 aromatic heterocycles. The molecule has 6 heteroatoms. The summed E-state index contributed by atoms with van der Waals surface area (Å²) in [6.45, 7) is 1.07. The zero-order chi connectivity index (χ0) is 22.4. The van der Waals surface area contributed by atoms with Gasteiger partial charge in [-0.1, -0.05) is 89.5 Å². The molecular weight excluding hydrogens is 561 g/mol. The van der Waals surface area contributed by atoms with Gasteiger partial charge in [-0.15, -0.1) is 0 Å². The van der Waals surface area contributed by atoms with Crippen LogP contribution in [0.3, 0.4) is 0 Å². The second-order valence-electron chi connectivity index (χ2n) is 8.27. The van der Waals surface area contributed by atoms with Crippen LogP contribution in [-0.4, -0.2) is 53.8 Å². The molecule has 2 aromatic carbocycles. The van der Waals surface area contributed by atoms with E-state index in [1.165, 1.54) is 75.3 Å². The first-order valence-corrected chi connectivity index (χ1v) is 14.5. The van der Waals surface area contributed by atoms with E-state index in [2.05, 4.69) is 13.8 Å². The van der Waals surface area contributed by atoms with Crippen molar-refractivity contribution in [1.29, 1.82) is 0 Å². The minimum absolute atomic E-state index is 0. The Hall–Kier alpha value is 0.221. The molecule has 2 aromatic rings. The first-order valence-electron chi connectivity index (χ1n) is 11.9. The molecule has 0 unspecified atom stereocenters. The van der Waals surface area contributed by atoms with E-state index in [1.54, 1.807) is 0 Å². The molecule has 0 aliphatic heterocycles. The van der Waals surface area contributed by atoms with Crippen LogP contribution in [0.4, 0.5) is 0 Å². The summed E-state index contributed by atoms with van der Waals surface area (Å²) in [4.78, 5) is 10.5.